The Bertz CT molecular complexity index is 870. The molecule has 2 aromatic rings. The summed E-state index contributed by atoms with van der Waals surface area (Å²) in [6.07, 6.45) is 7.26. The first-order valence-corrected chi connectivity index (χ1v) is 11.2. The first kappa shape index (κ1) is 23.0. The van der Waals surface area contributed by atoms with Gasteiger partial charge in [-0.25, -0.2) is 4.79 Å². The molecule has 2 aromatic carbocycles. The fraction of sp³-hybridized carbons (Fsp3) is 0.462. The van der Waals surface area contributed by atoms with Crippen LogP contribution in [-0.4, -0.2) is 18.7 Å². The number of carbonyl (C=O) groups is 1. The maximum atomic E-state index is 12.4. The van der Waals surface area contributed by atoms with E-state index in [1.54, 1.807) is 36.4 Å². The highest BCUT2D eigenvalue weighted by Gasteiger charge is 2.29. The second-order valence-electron chi connectivity index (χ2n) is 8.12. The molecule has 1 saturated heterocycles. The van der Waals surface area contributed by atoms with Gasteiger partial charge in [0.25, 0.3) is 0 Å². The molecule has 5 nitrogen and oxygen atoms in total. The number of hydrogen-bond donors (Lipinski definition) is 0. The molecule has 31 heavy (non-hydrogen) atoms. The van der Waals surface area contributed by atoms with E-state index in [1.165, 1.54) is 32.1 Å². The highest BCUT2D eigenvalue weighted by atomic mass is 16.7. The number of ether oxygens (including phenoxy) is 3. The number of esters is 1. The van der Waals surface area contributed by atoms with E-state index in [2.05, 4.69) is 13.8 Å². The lowest BCUT2D eigenvalue weighted by Crippen LogP contribution is -2.34. The van der Waals surface area contributed by atoms with Crippen LogP contribution in [-0.2, 0) is 9.47 Å². The van der Waals surface area contributed by atoms with Crippen molar-refractivity contribution in [3.05, 3.63) is 65.2 Å². The van der Waals surface area contributed by atoms with Crippen LogP contribution in [0.1, 0.15) is 80.1 Å². The average molecular weight is 422 g/mol. The van der Waals surface area contributed by atoms with Crippen molar-refractivity contribution in [1.29, 1.82) is 5.26 Å². The van der Waals surface area contributed by atoms with Crippen LogP contribution in [0.15, 0.2) is 48.5 Å². The SMILES string of the molecule is CCCCCCCC1COC(c2ccc(C(=O)Oc3ccc(C#N)cc3)cc2)OC1C. The van der Waals surface area contributed by atoms with Crippen molar-refractivity contribution >= 4 is 5.97 Å². The fourth-order valence-electron chi connectivity index (χ4n) is 3.73. The molecule has 0 radical (unpaired) electrons. The smallest absolute Gasteiger partial charge is 0.343 e. The number of unbranched alkanes of at least 4 members (excludes halogenated alkanes) is 4. The van der Waals surface area contributed by atoms with Gasteiger partial charge >= 0.3 is 5.97 Å². The van der Waals surface area contributed by atoms with Gasteiger partial charge in [-0.1, -0.05) is 51.2 Å². The Morgan fingerprint density at radius 1 is 1.06 bits per heavy atom. The molecular weight excluding hydrogens is 390 g/mol. The van der Waals surface area contributed by atoms with E-state index in [4.69, 9.17) is 19.5 Å². The Morgan fingerprint density at radius 3 is 2.42 bits per heavy atom. The highest BCUT2D eigenvalue weighted by Crippen LogP contribution is 2.32. The number of hydrogen-bond acceptors (Lipinski definition) is 5. The average Bonchev–Trinajstić information content (AvgIpc) is 2.80. The van der Waals surface area contributed by atoms with Gasteiger partial charge < -0.3 is 14.2 Å². The summed E-state index contributed by atoms with van der Waals surface area (Å²) in [6.45, 7) is 5.05. The molecule has 0 saturated carbocycles. The lowest BCUT2D eigenvalue weighted by molar-refractivity contribution is -0.237. The van der Waals surface area contributed by atoms with Crippen LogP contribution in [0.25, 0.3) is 0 Å². The van der Waals surface area contributed by atoms with E-state index >= 15 is 0 Å². The Kier molecular flexibility index (Phi) is 8.63. The van der Waals surface area contributed by atoms with Gasteiger partial charge in [-0.2, -0.15) is 5.26 Å². The monoisotopic (exact) mass is 421 g/mol. The summed E-state index contributed by atoms with van der Waals surface area (Å²) in [5.74, 6) is 0.388. The predicted octanol–water partition coefficient (Wildman–Crippen LogP) is 6.19. The Labute approximate surface area is 184 Å². The normalized spacial score (nSPS) is 20.7. The topological polar surface area (TPSA) is 68.5 Å². The summed E-state index contributed by atoms with van der Waals surface area (Å²) >= 11 is 0. The van der Waals surface area contributed by atoms with Crippen LogP contribution in [0.4, 0.5) is 0 Å². The molecule has 3 rings (SSSR count). The summed E-state index contributed by atoms with van der Waals surface area (Å²) in [5.41, 5.74) is 1.86. The van der Waals surface area contributed by atoms with Gasteiger partial charge in [0, 0.05) is 11.5 Å². The van der Waals surface area contributed by atoms with Crippen LogP contribution in [0.3, 0.4) is 0 Å². The van der Waals surface area contributed by atoms with Crippen LogP contribution >= 0.6 is 0 Å². The molecule has 5 heteroatoms. The van der Waals surface area contributed by atoms with Gasteiger partial charge in [-0.3, -0.25) is 0 Å². The zero-order chi connectivity index (χ0) is 22.1. The van der Waals surface area contributed by atoms with E-state index in [0.717, 1.165) is 12.0 Å². The number of carbonyl (C=O) groups excluding carboxylic acids is 1. The Hall–Kier alpha value is -2.68. The van der Waals surface area contributed by atoms with Gasteiger partial charge in [0.15, 0.2) is 6.29 Å². The largest absolute Gasteiger partial charge is 0.423 e. The summed E-state index contributed by atoms with van der Waals surface area (Å²) in [6, 6.07) is 15.6. The Morgan fingerprint density at radius 2 is 1.77 bits per heavy atom. The van der Waals surface area contributed by atoms with Crippen LogP contribution in [0.5, 0.6) is 5.75 Å². The molecule has 1 fully saturated rings. The molecule has 1 aliphatic heterocycles. The molecular formula is C26H31NO4. The molecule has 3 unspecified atom stereocenters. The van der Waals surface area contributed by atoms with Gasteiger partial charge in [0.1, 0.15) is 5.75 Å². The van der Waals surface area contributed by atoms with Crippen molar-refractivity contribution in [2.75, 3.05) is 6.61 Å². The quantitative estimate of drug-likeness (QED) is 0.274. The number of rotatable bonds is 9. The van der Waals surface area contributed by atoms with Crippen LogP contribution in [0.2, 0.25) is 0 Å². The van der Waals surface area contributed by atoms with Gasteiger partial charge in [0.2, 0.25) is 0 Å². The predicted molar refractivity (Wildman–Crippen MR) is 119 cm³/mol. The number of nitrogens with zero attached hydrogens (tertiary/aromatic N) is 1. The third kappa shape index (κ3) is 6.65. The first-order chi connectivity index (χ1) is 15.1. The summed E-state index contributed by atoms with van der Waals surface area (Å²) in [5, 5.41) is 8.84. The van der Waals surface area contributed by atoms with Gasteiger partial charge in [-0.15, -0.1) is 0 Å². The second kappa shape index (κ2) is 11.6. The van der Waals surface area contributed by atoms with E-state index in [0.29, 0.717) is 29.4 Å². The molecule has 0 aliphatic carbocycles. The minimum atomic E-state index is -0.446. The molecule has 164 valence electrons. The zero-order valence-electron chi connectivity index (χ0n) is 18.4. The van der Waals surface area contributed by atoms with Crippen molar-refractivity contribution in [3.63, 3.8) is 0 Å². The molecule has 1 heterocycles. The lowest BCUT2D eigenvalue weighted by atomic mass is 9.95. The lowest BCUT2D eigenvalue weighted by Gasteiger charge is -2.35. The summed E-state index contributed by atoms with van der Waals surface area (Å²) in [7, 11) is 0. The van der Waals surface area contributed by atoms with E-state index in [1.807, 2.05) is 18.2 Å². The molecule has 0 aromatic heterocycles. The maximum absolute atomic E-state index is 12.4. The number of benzene rings is 2. The molecule has 3 atom stereocenters. The minimum absolute atomic E-state index is 0.144. The molecule has 1 aliphatic rings. The molecule has 0 amide bonds. The van der Waals surface area contributed by atoms with Crippen LogP contribution < -0.4 is 4.74 Å². The number of nitriles is 1. The highest BCUT2D eigenvalue weighted by molar-refractivity contribution is 5.91. The van der Waals surface area contributed by atoms with E-state index < -0.39 is 12.3 Å². The fourth-order valence-corrected chi connectivity index (χ4v) is 3.73. The van der Waals surface area contributed by atoms with Crippen molar-refractivity contribution < 1.29 is 19.0 Å². The summed E-state index contributed by atoms with van der Waals surface area (Å²) < 4.78 is 17.5. The van der Waals surface area contributed by atoms with Crippen molar-refractivity contribution in [3.8, 4) is 11.8 Å². The minimum Gasteiger partial charge on any atom is -0.423 e. The third-order valence-corrected chi connectivity index (χ3v) is 5.75. The molecule has 0 spiro atoms. The van der Waals surface area contributed by atoms with E-state index in [9.17, 15) is 4.79 Å². The van der Waals surface area contributed by atoms with Crippen molar-refractivity contribution in [2.45, 2.75) is 64.8 Å². The van der Waals surface area contributed by atoms with Crippen molar-refractivity contribution in [2.24, 2.45) is 5.92 Å². The standard InChI is InChI=1S/C26H31NO4/c1-3-4-5-6-7-8-23-18-29-26(30-19(23)2)22-13-11-21(12-14-22)25(28)31-24-15-9-20(17-27)10-16-24/h9-16,19,23,26H,3-8,18H2,1-2H3. The van der Waals surface area contributed by atoms with Crippen LogP contribution in [0, 0.1) is 17.2 Å². The van der Waals surface area contributed by atoms with Crippen molar-refractivity contribution in [1.82, 2.24) is 0 Å². The summed E-state index contributed by atoms with van der Waals surface area (Å²) in [4.78, 5) is 12.4. The van der Waals surface area contributed by atoms with E-state index in [-0.39, 0.29) is 6.10 Å². The van der Waals surface area contributed by atoms with Gasteiger partial charge in [0.05, 0.1) is 29.9 Å². The maximum Gasteiger partial charge on any atom is 0.343 e. The zero-order valence-corrected chi connectivity index (χ0v) is 18.4. The first-order valence-electron chi connectivity index (χ1n) is 11.2. The second-order valence-corrected chi connectivity index (χ2v) is 8.12. The molecule has 0 bridgehead atoms. The third-order valence-electron chi connectivity index (χ3n) is 5.75. The molecule has 0 N–H and O–H groups in total. The van der Waals surface area contributed by atoms with Gasteiger partial charge in [-0.05, 0) is 49.7 Å². The Balaban J connectivity index is 1.49.